The van der Waals surface area contributed by atoms with Crippen LogP contribution in [0.5, 0.6) is 0 Å². The highest BCUT2D eigenvalue weighted by Gasteiger charge is 2.26. The Hall–Kier alpha value is -2.04. The van der Waals surface area contributed by atoms with Crippen LogP contribution in [0.4, 0.5) is 4.39 Å². The van der Waals surface area contributed by atoms with Gasteiger partial charge in [0.15, 0.2) is 0 Å². The SMILES string of the molecule is O=CC1CCN(C[C@H](O)C[C@H]2Cc3cc(F)ccc3Cc3ccccc32)CC1. The fraction of sp³-hybridized carbons (Fsp3) is 0.458. The molecule has 0 unspecified atom stereocenters. The second-order valence-electron chi connectivity index (χ2n) is 8.35. The summed E-state index contributed by atoms with van der Waals surface area (Å²) in [6.07, 6.45) is 4.64. The van der Waals surface area contributed by atoms with E-state index in [1.54, 1.807) is 12.1 Å². The van der Waals surface area contributed by atoms with E-state index in [1.807, 2.05) is 6.07 Å². The van der Waals surface area contributed by atoms with Crippen LogP contribution in [-0.4, -0.2) is 42.0 Å². The summed E-state index contributed by atoms with van der Waals surface area (Å²) < 4.78 is 13.8. The summed E-state index contributed by atoms with van der Waals surface area (Å²) in [6.45, 7) is 2.38. The van der Waals surface area contributed by atoms with Gasteiger partial charge in [0, 0.05) is 12.5 Å². The molecule has 2 aromatic rings. The number of benzene rings is 2. The van der Waals surface area contributed by atoms with Crippen LogP contribution in [0.15, 0.2) is 42.5 Å². The van der Waals surface area contributed by atoms with Gasteiger partial charge in [0.1, 0.15) is 12.1 Å². The molecule has 4 rings (SSSR count). The maximum Gasteiger partial charge on any atom is 0.123 e. The van der Waals surface area contributed by atoms with E-state index in [-0.39, 0.29) is 17.7 Å². The summed E-state index contributed by atoms with van der Waals surface area (Å²) in [5, 5.41) is 10.8. The van der Waals surface area contributed by atoms with Gasteiger partial charge >= 0.3 is 0 Å². The highest BCUT2D eigenvalue weighted by atomic mass is 19.1. The number of hydrogen-bond acceptors (Lipinski definition) is 3. The summed E-state index contributed by atoms with van der Waals surface area (Å²) in [6, 6.07) is 13.5. The number of carbonyl (C=O) groups excluding carboxylic acids is 1. The van der Waals surface area contributed by atoms with E-state index in [1.165, 1.54) is 16.7 Å². The number of hydrogen-bond donors (Lipinski definition) is 1. The van der Waals surface area contributed by atoms with E-state index < -0.39 is 6.10 Å². The van der Waals surface area contributed by atoms with Crippen molar-refractivity contribution in [3.63, 3.8) is 0 Å². The number of aldehydes is 1. The number of halogens is 1. The van der Waals surface area contributed by atoms with Crippen molar-refractivity contribution in [3.05, 3.63) is 70.5 Å². The Kier molecular flexibility index (Phi) is 5.88. The number of likely N-dealkylation sites (tertiary alicyclic amines) is 1. The maximum absolute atomic E-state index is 13.8. The predicted molar refractivity (Wildman–Crippen MR) is 108 cm³/mol. The molecule has 1 aliphatic carbocycles. The third-order valence-corrected chi connectivity index (χ3v) is 6.36. The Morgan fingerprint density at radius 3 is 2.68 bits per heavy atom. The molecular weight excluding hydrogens is 353 g/mol. The van der Waals surface area contributed by atoms with Gasteiger partial charge in [-0.05, 0) is 85.5 Å². The average Bonchev–Trinajstić information content (AvgIpc) is 2.85. The summed E-state index contributed by atoms with van der Waals surface area (Å²) in [5.41, 5.74) is 4.79. The van der Waals surface area contributed by atoms with E-state index in [9.17, 15) is 14.3 Å². The molecule has 0 bridgehead atoms. The van der Waals surface area contributed by atoms with Gasteiger partial charge in [0.05, 0.1) is 6.10 Å². The van der Waals surface area contributed by atoms with Gasteiger partial charge in [-0.2, -0.15) is 0 Å². The largest absolute Gasteiger partial charge is 0.392 e. The van der Waals surface area contributed by atoms with Crippen LogP contribution in [0.1, 0.15) is 47.4 Å². The number of carbonyl (C=O) groups is 1. The van der Waals surface area contributed by atoms with Crippen LogP contribution in [0.3, 0.4) is 0 Å². The monoisotopic (exact) mass is 381 g/mol. The molecule has 1 aliphatic heterocycles. The van der Waals surface area contributed by atoms with Gasteiger partial charge in [-0.15, -0.1) is 0 Å². The third-order valence-electron chi connectivity index (χ3n) is 6.36. The maximum atomic E-state index is 13.8. The zero-order valence-electron chi connectivity index (χ0n) is 16.2. The molecule has 2 aliphatic rings. The molecule has 1 saturated heterocycles. The smallest absolute Gasteiger partial charge is 0.123 e. The molecule has 0 aromatic heterocycles. The lowest BCUT2D eigenvalue weighted by Crippen LogP contribution is -2.39. The number of piperidine rings is 1. The van der Waals surface area contributed by atoms with E-state index in [2.05, 4.69) is 29.2 Å². The molecule has 1 fully saturated rings. The highest BCUT2D eigenvalue weighted by molar-refractivity contribution is 5.53. The van der Waals surface area contributed by atoms with Crippen molar-refractivity contribution < 1.29 is 14.3 Å². The second-order valence-corrected chi connectivity index (χ2v) is 8.35. The molecule has 0 amide bonds. The van der Waals surface area contributed by atoms with Crippen LogP contribution in [0, 0.1) is 11.7 Å². The van der Waals surface area contributed by atoms with Crippen LogP contribution >= 0.6 is 0 Å². The quantitative estimate of drug-likeness (QED) is 0.803. The van der Waals surface area contributed by atoms with Gasteiger partial charge in [0.2, 0.25) is 0 Å². The first kappa shape index (κ1) is 19.3. The molecule has 3 nitrogen and oxygen atoms in total. The molecule has 2 atom stereocenters. The van der Waals surface area contributed by atoms with E-state index in [0.29, 0.717) is 13.0 Å². The van der Waals surface area contributed by atoms with Crippen molar-refractivity contribution in [1.82, 2.24) is 4.90 Å². The number of fused-ring (bicyclic) bond motifs is 2. The molecule has 2 aromatic carbocycles. The van der Waals surface area contributed by atoms with Gasteiger partial charge in [-0.3, -0.25) is 0 Å². The van der Waals surface area contributed by atoms with Gasteiger partial charge in [0.25, 0.3) is 0 Å². The molecule has 0 spiro atoms. The number of rotatable bonds is 5. The van der Waals surface area contributed by atoms with E-state index >= 15 is 0 Å². The predicted octanol–water partition coefficient (Wildman–Crippen LogP) is 3.72. The lowest BCUT2D eigenvalue weighted by molar-refractivity contribution is -0.112. The Morgan fingerprint density at radius 2 is 1.89 bits per heavy atom. The molecule has 1 N–H and O–H groups in total. The first-order valence-corrected chi connectivity index (χ1v) is 10.3. The van der Waals surface area contributed by atoms with E-state index in [4.69, 9.17) is 0 Å². The van der Waals surface area contributed by atoms with Crippen molar-refractivity contribution in [1.29, 1.82) is 0 Å². The Labute approximate surface area is 166 Å². The molecule has 28 heavy (non-hydrogen) atoms. The number of β-amino-alcohol motifs (C(OH)–C–C–N with tert-alkyl or cyclic N) is 1. The minimum atomic E-state index is -0.430. The van der Waals surface area contributed by atoms with Crippen molar-refractivity contribution in [2.45, 2.75) is 44.1 Å². The average molecular weight is 381 g/mol. The summed E-state index contributed by atoms with van der Waals surface area (Å²) >= 11 is 0. The molecule has 4 heteroatoms. The van der Waals surface area contributed by atoms with Crippen molar-refractivity contribution in [2.75, 3.05) is 19.6 Å². The van der Waals surface area contributed by atoms with Gasteiger partial charge < -0.3 is 14.8 Å². The lowest BCUT2D eigenvalue weighted by atomic mass is 9.86. The fourth-order valence-electron chi connectivity index (χ4n) is 4.81. The lowest BCUT2D eigenvalue weighted by Gasteiger charge is -2.32. The zero-order chi connectivity index (χ0) is 19.5. The molecular formula is C24H28FNO2. The Morgan fingerprint density at radius 1 is 1.11 bits per heavy atom. The van der Waals surface area contributed by atoms with Crippen molar-refractivity contribution >= 4 is 6.29 Å². The molecule has 0 radical (unpaired) electrons. The normalized spacial score (nSPS) is 21.4. The number of aliphatic hydroxyl groups excluding tert-OH is 1. The zero-order valence-corrected chi connectivity index (χ0v) is 16.2. The van der Waals surface area contributed by atoms with Crippen molar-refractivity contribution in [3.8, 4) is 0 Å². The van der Waals surface area contributed by atoms with Crippen LogP contribution in [0.2, 0.25) is 0 Å². The summed E-state index contributed by atoms with van der Waals surface area (Å²) in [7, 11) is 0. The van der Waals surface area contributed by atoms with Crippen LogP contribution < -0.4 is 0 Å². The van der Waals surface area contributed by atoms with Gasteiger partial charge in [-0.25, -0.2) is 4.39 Å². The standard InChI is InChI=1S/C24H28FNO2/c25-22-6-5-18-11-19-3-1-2-4-24(19)21(12-20(18)13-22)14-23(28)15-26-9-7-17(16-27)8-10-26/h1-6,13,16-17,21,23,28H,7-12,14-15H2/t21-,23-/m1/s1. The minimum absolute atomic E-state index is 0.175. The Balaban J connectivity index is 1.49. The van der Waals surface area contributed by atoms with Crippen LogP contribution in [0.25, 0.3) is 0 Å². The second kappa shape index (κ2) is 8.54. The van der Waals surface area contributed by atoms with Crippen molar-refractivity contribution in [2.24, 2.45) is 5.92 Å². The third kappa shape index (κ3) is 4.34. The molecule has 0 saturated carbocycles. The topological polar surface area (TPSA) is 40.5 Å². The fourth-order valence-corrected chi connectivity index (χ4v) is 4.81. The first-order chi connectivity index (χ1) is 13.6. The van der Waals surface area contributed by atoms with E-state index in [0.717, 1.165) is 50.6 Å². The number of aliphatic hydroxyl groups is 1. The molecule has 148 valence electrons. The Bertz CT molecular complexity index is 829. The minimum Gasteiger partial charge on any atom is -0.392 e. The van der Waals surface area contributed by atoms with Gasteiger partial charge in [-0.1, -0.05) is 30.3 Å². The highest BCUT2D eigenvalue weighted by Crippen LogP contribution is 2.35. The summed E-state index contributed by atoms with van der Waals surface area (Å²) in [4.78, 5) is 13.2. The molecule has 1 heterocycles. The van der Waals surface area contributed by atoms with Crippen LogP contribution in [-0.2, 0) is 17.6 Å². The summed E-state index contributed by atoms with van der Waals surface area (Å²) in [5.74, 6) is 0.164. The first-order valence-electron chi connectivity index (χ1n) is 10.3. The number of nitrogens with zero attached hydrogens (tertiary/aromatic N) is 1.